The van der Waals surface area contributed by atoms with Gasteiger partial charge in [-0.3, -0.25) is 4.79 Å². The van der Waals surface area contributed by atoms with Gasteiger partial charge in [-0.2, -0.15) is 0 Å². The summed E-state index contributed by atoms with van der Waals surface area (Å²) < 4.78 is 5.23. The van der Waals surface area contributed by atoms with Crippen LogP contribution in [0.1, 0.15) is 32.3 Å². The Morgan fingerprint density at radius 3 is 2.68 bits per heavy atom. The Morgan fingerprint density at radius 1 is 1.32 bits per heavy atom. The van der Waals surface area contributed by atoms with Gasteiger partial charge >= 0.3 is 6.03 Å². The van der Waals surface area contributed by atoms with Gasteiger partial charge in [0.05, 0.1) is 7.11 Å². The molecule has 3 rings (SSSR count). The number of carbonyl (C=O) groups is 2. The highest BCUT2D eigenvalue weighted by atomic mass is 16.5. The number of rotatable bonds is 5. The zero-order valence-corrected chi connectivity index (χ0v) is 15.2. The summed E-state index contributed by atoms with van der Waals surface area (Å²) in [6.07, 6.45) is 2.06. The van der Waals surface area contributed by atoms with E-state index in [4.69, 9.17) is 4.74 Å². The van der Waals surface area contributed by atoms with E-state index in [0.717, 1.165) is 24.2 Å². The first-order chi connectivity index (χ1) is 11.9. The number of nitrogens with zero attached hydrogens (tertiary/aromatic N) is 2. The molecule has 3 amide bonds. The van der Waals surface area contributed by atoms with E-state index in [0.29, 0.717) is 25.6 Å². The Bertz CT molecular complexity index is 655. The van der Waals surface area contributed by atoms with E-state index in [1.165, 1.54) is 0 Å². The van der Waals surface area contributed by atoms with E-state index in [9.17, 15) is 9.59 Å². The van der Waals surface area contributed by atoms with Crippen molar-refractivity contribution in [2.75, 3.05) is 26.7 Å². The molecule has 0 unspecified atom stereocenters. The molecule has 1 saturated carbocycles. The van der Waals surface area contributed by atoms with Crippen molar-refractivity contribution in [3.05, 3.63) is 29.8 Å². The van der Waals surface area contributed by atoms with E-state index < -0.39 is 0 Å². The van der Waals surface area contributed by atoms with Crippen LogP contribution in [0.25, 0.3) is 0 Å². The summed E-state index contributed by atoms with van der Waals surface area (Å²) in [4.78, 5) is 28.4. The molecule has 0 bridgehead atoms. The molecule has 1 heterocycles. The standard InChI is InChI=1S/C19H27N3O3/c1-14(2)19(7-8-19)20-18(24)22-10-9-21(17(23)13-22)12-15-5-4-6-16(11-15)25-3/h4-6,11,14H,7-10,12-13H2,1-3H3,(H,20,24). The second kappa shape index (κ2) is 6.94. The van der Waals surface area contributed by atoms with Crippen molar-refractivity contribution in [3.8, 4) is 5.75 Å². The molecule has 2 aliphatic rings. The number of hydrogen-bond donors (Lipinski definition) is 1. The minimum Gasteiger partial charge on any atom is -0.497 e. The van der Waals surface area contributed by atoms with Crippen LogP contribution in [0.15, 0.2) is 24.3 Å². The summed E-state index contributed by atoms with van der Waals surface area (Å²) in [6.45, 7) is 6.06. The number of amides is 3. The van der Waals surface area contributed by atoms with Crippen molar-refractivity contribution < 1.29 is 14.3 Å². The molecule has 1 saturated heterocycles. The third kappa shape index (κ3) is 3.89. The number of urea groups is 1. The molecule has 1 aliphatic heterocycles. The molecule has 0 aromatic heterocycles. The SMILES string of the molecule is COc1cccc(CN2CCN(C(=O)NC3(C(C)C)CC3)CC2=O)c1. The highest BCUT2D eigenvalue weighted by molar-refractivity contribution is 5.85. The fourth-order valence-corrected chi connectivity index (χ4v) is 3.31. The molecule has 25 heavy (non-hydrogen) atoms. The Balaban J connectivity index is 1.55. The van der Waals surface area contributed by atoms with Crippen LogP contribution >= 0.6 is 0 Å². The minimum absolute atomic E-state index is 0.0152. The Kier molecular flexibility index (Phi) is 4.88. The Hall–Kier alpha value is -2.24. The fourth-order valence-electron chi connectivity index (χ4n) is 3.31. The van der Waals surface area contributed by atoms with Crippen molar-refractivity contribution in [2.45, 2.75) is 38.8 Å². The molecule has 2 fully saturated rings. The largest absolute Gasteiger partial charge is 0.497 e. The van der Waals surface area contributed by atoms with Crippen LogP contribution in [0.3, 0.4) is 0 Å². The maximum atomic E-state index is 12.5. The van der Waals surface area contributed by atoms with Gasteiger partial charge in [0.15, 0.2) is 0 Å². The predicted octanol–water partition coefficient (Wildman–Crippen LogP) is 2.24. The van der Waals surface area contributed by atoms with Crippen LogP contribution in [0.2, 0.25) is 0 Å². The van der Waals surface area contributed by atoms with Gasteiger partial charge in [-0.1, -0.05) is 26.0 Å². The molecule has 0 atom stereocenters. The molecule has 0 radical (unpaired) electrons. The molecular weight excluding hydrogens is 318 g/mol. The summed E-state index contributed by atoms with van der Waals surface area (Å²) in [6, 6.07) is 7.61. The van der Waals surface area contributed by atoms with Gasteiger partial charge in [-0.25, -0.2) is 4.79 Å². The predicted molar refractivity (Wildman–Crippen MR) is 95.3 cm³/mol. The van der Waals surface area contributed by atoms with Gasteiger partial charge in [0.25, 0.3) is 0 Å². The number of hydrogen-bond acceptors (Lipinski definition) is 3. The lowest BCUT2D eigenvalue weighted by atomic mass is 10.0. The average Bonchev–Trinajstić information content (AvgIpc) is 3.37. The molecule has 6 nitrogen and oxygen atoms in total. The minimum atomic E-state index is -0.111. The molecule has 1 N–H and O–H groups in total. The van der Waals surface area contributed by atoms with Gasteiger partial charge in [-0.05, 0) is 36.5 Å². The first-order valence-electron chi connectivity index (χ1n) is 8.91. The van der Waals surface area contributed by atoms with E-state index in [1.807, 2.05) is 24.3 Å². The normalized spacial score (nSPS) is 19.1. The Labute approximate surface area is 149 Å². The fraction of sp³-hybridized carbons (Fsp3) is 0.579. The van der Waals surface area contributed by atoms with Crippen molar-refractivity contribution in [3.63, 3.8) is 0 Å². The average molecular weight is 345 g/mol. The third-order valence-corrected chi connectivity index (χ3v) is 5.36. The smallest absolute Gasteiger partial charge is 0.318 e. The zero-order chi connectivity index (χ0) is 18.0. The van der Waals surface area contributed by atoms with E-state index in [1.54, 1.807) is 16.9 Å². The highest BCUT2D eigenvalue weighted by Gasteiger charge is 2.47. The quantitative estimate of drug-likeness (QED) is 0.890. The van der Waals surface area contributed by atoms with Crippen molar-refractivity contribution in [2.24, 2.45) is 5.92 Å². The molecule has 0 spiro atoms. The number of piperazine rings is 1. The van der Waals surface area contributed by atoms with Gasteiger partial charge in [0.2, 0.25) is 5.91 Å². The van der Waals surface area contributed by atoms with Crippen LogP contribution < -0.4 is 10.1 Å². The van der Waals surface area contributed by atoms with Crippen molar-refractivity contribution >= 4 is 11.9 Å². The summed E-state index contributed by atoms with van der Waals surface area (Å²) in [5, 5.41) is 3.14. The molecule has 1 aromatic carbocycles. The number of methoxy groups -OCH3 is 1. The van der Waals surface area contributed by atoms with E-state index in [2.05, 4.69) is 19.2 Å². The van der Waals surface area contributed by atoms with Crippen molar-refractivity contribution in [1.29, 1.82) is 0 Å². The van der Waals surface area contributed by atoms with Crippen molar-refractivity contribution in [1.82, 2.24) is 15.1 Å². The number of benzene rings is 1. The summed E-state index contributed by atoms with van der Waals surface area (Å²) >= 11 is 0. The molecule has 1 aliphatic carbocycles. The van der Waals surface area contributed by atoms with Gasteiger partial charge in [-0.15, -0.1) is 0 Å². The van der Waals surface area contributed by atoms with Crippen LogP contribution in [-0.2, 0) is 11.3 Å². The number of nitrogens with one attached hydrogen (secondary N) is 1. The number of ether oxygens (including phenoxy) is 1. The van der Waals surface area contributed by atoms with E-state index in [-0.39, 0.29) is 24.0 Å². The summed E-state index contributed by atoms with van der Waals surface area (Å²) in [5.74, 6) is 1.19. The highest BCUT2D eigenvalue weighted by Crippen LogP contribution is 2.42. The molecule has 6 heteroatoms. The second-order valence-corrected chi connectivity index (χ2v) is 7.33. The summed E-state index contributed by atoms with van der Waals surface area (Å²) in [5.41, 5.74) is 0.972. The lowest BCUT2D eigenvalue weighted by molar-refractivity contribution is -0.135. The van der Waals surface area contributed by atoms with Gasteiger partial charge in [0, 0.05) is 25.2 Å². The zero-order valence-electron chi connectivity index (χ0n) is 15.2. The summed E-state index contributed by atoms with van der Waals surface area (Å²) in [7, 11) is 1.63. The van der Waals surface area contributed by atoms with Crippen LogP contribution in [0, 0.1) is 5.92 Å². The number of carbonyl (C=O) groups excluding carboxylic acids is 2. The first-order valence-corrected chi connectivity index (χ1v) is 8.91. The Morgan fingerprint density at radius 2 is 2.08 bits per heavy atom. The molecule has 136 valence electrons. The topological polar surface area (TPSA) is 61.9 Å². The van der Waals surface area contributed by atoms with Crippen LogP contribution in [0.4, 0.5) is 4.79 Å². The monoisotopic (exact) mass is 345 g/mol. The lowest BCUT2D eigenvalue weighted by Crippen LogP contribution is -2.56. The van der Waals surface area contributed by atoms with Gasteiger partial charge < -0.3 is 19.9 Å². The van der Waals surface area contributed by atoms with E-state index >= 15 is 0 Å². The lowest BCUT2D eigenvalue weighted by Gasteiger charge is -2.35. The molecular formula is C19H27N3O3. The molecule has 1 aromatic rings. The van der Waals surface area contributed by atoms with Gasteiger partial charge in [0.1, 0.15) is 12.3 Å². The van der Waals surface area contributed by atoms with Crippen LogP contribution in [0.5, 0.6) is 5.75 Å². The second-order valence-electron chi connectivity index (χ2n) is 7.33. The third-order valence-electron chi connectivity index (χ3n) is 5.36. The van der Waals surface area contributed by atoms with Crippen LogP contribution in [-0.4, -0.2) is 54.0 Å². The first kappa shape index (κ1) is 17.6. The maximum absolute atomic E-state index is 12.5. The maximum Gasteiger partial charge on any atom is 0.318 e.